The molecule has 2 N–H and O–H groups in total. The zero-order valence-corrected chi connectivity index (χ0v) is 11.2. The van der Waals surface area contributed by atoms with Gasteiger partial charge in [-0.25, -0.2) is 9.37 Å². The van der Waals surface area contributed by atoms with Crippen LogP contribution in [0.3, 0.4) is 0 Å². The molecule has 116 valence electrons. The minimum atomic E-state index is -4.79. The van der Waals surface area contributed by atoms with E-state index in [1.54, 1.807) is 0 Å². The van der Waals surface area contributed by atoms with E-state index in [0.717, 1.165) is 6.07 Å². The van der Waals surface area contributed by atoms with Crippen LogP contribution in [0.4, 0.5) is 17.6 Å². The van der Waals surface area contributed by atoms with Gasteiger partial charge in [-0.2, -0.15) is 13.2 Å². The molecule has 8 heteroatoms. The number of carbonyl (C=O) groups excluding carboxylic acids is 1. The Morgan fingerprint density at radius 2 is 2.00 bits per heavy atom. The van der Waals surface area contributed by atoms with Crippen LogP contribution in [0.1, 0.15) is 28.2 Å². The number of hydrogen-bond acceptors (Lipinski definition) is 2. The third-order valence-corrected chi connectivity index (χ3v) is 3.44. The SMILES string of the molecule is O=C1NCCCc2[nH]c(-c3cccc(C(F)(F)F)c3F)nc21. The molecule has 0 fully saturated rings. The standard InChI is InChI=1S/C14H11F4N3O/c15-10-7(3-1-4-8(10)14(16,17)18)12-20-9-5-2-6-19-13(22)11(9)21-12/h1,3-4H,2,5-6H2,(H,19,22)(H,20,21). The largest absolute Gasteiger partial charge is 0.419 e. The van der Waals surface area contributed by atoms with Crippen LogP contribution in [0.25, 0.3) is 11.4 Å². The van der Waals surface area contributed by atoms with Crippen molar-refractivity contribution in [1.29, 1.82) is 0 Å². The molecule has 0 unspecified atom stereocenters. The fourth-order valence-electron chi connectivity index (χ4n) is 2.39. The third-order valence-electron chi connectivity index (χ3n) is 3.44. The zero-order chi connectivity index (χ0) is 15.9. The van der Waals surface area contributed by atoms with Crippen molar-refractivity contribution < 1.29 is 22.4 Å². The average molecular weight is 313 g/mol. The second kappa shape index (κ2) is 5.11. The molecule has 0 spiro atoms. The fourth-order valence-corrected chi connectivity index (χ4v) is 2.39. The first-order valence-corrected chi connectivity index (χ1v) is 6.61. The number of aryl methyl sites for hydroxylation is 1. The molecule has 22 heavy (non-hydrogen) atoms. The maximum Gasteiger partial charge on any atom is 0.419 e. The Balaban J connectivity index is 2.10. The van der Waals surface area contributed by atoms with E-state index >= 15 is 0 Å². The van der Waals surface area contributed by atoms with Crippen molar-refractivity contribution in [1.82, 2.24) is 15.3 Å². The molecule has 0 saturated heterocycles. The number of carbonyl (C=O) groups is 1. The Bertz CT molecular complexity index is 736. The molecule has 1 aromatic heterocycles. The smallest absolute Gasteiger partial charge is 0.351 e. The van der Waals surface area contributed by atoms with Crippen LogP contribution >= 0.6 is 0 Å². The molecule has 4 nitrogen and oxygen atoms in total. The average Bonchev–Trinajstić information content (AvgIpc) is 2.79. The highest BCUT2D eigenvalue weighted by Crippen LogP contribution is 2.35. The molecule has 1 aromatic carbocycles. The van der Waals surface area contributed by atoms with Gasteiger partial charge in [-0.15, -0.1) is 0 Å². The number of nitrogens with one attached hydrogen (secondary N) is 2. The van der Waals surface area contributed by atoms with Crippen LogP contribution in [0.5, 0.6) is 0 Å². The summed E-state index contributed by atoms with van der Waals surface area (Å²) in [4.78, 5) is 18.5. The first-order valence-electron chi connectivity index (χ1n) is 6.61. The van der Waals surface area contributed by atoms with Crippen molar-refractivity contribution >= 4 is 5.91 Å². The normalized spacial score (nSPS) is 15.2. The molecule has 0 radical (unpaired) electrons. The molecule has 0 atom stereocenters. The number of rotatable bonds is 1. The van der Waals surface area contributed by atoms with Crippen LogP contribution in [0.2, 0.25) is 0 Å². The van der Waals surface area contributed by atoms with E-state index in [0.29, 0.717) is 31.1 Å². The highest BCUT2D eigenvalue weighted by atomic mass is 19.4. The second-order valence-electron chi connectivity index (χ2n) is 4.94. The quantitative estimate of drug-likeness (QED) is 0.795. The molecule has 0 saturated carbocycles. The van der Waals surface area contributed by atoms with Crippen LogP contribution in [0, 0.1) is 5.82 Å². The zero-order valence-electron chi connectivity index (χ0n) is 11.2. The summed E-state index contributed by atoms with van der Waals surface area (Å²) in [6, 6.07) is 2.97. The van der Waals surface area contributed by atoms with Gasteiger partial charge in [-0.05, 0) is 25.0 Å². The lowest BCUT2D eigenvalue weighted by Crippen LogP contribution is -2.23. The van der Waals surface area contributed by atoms with Crippen LogP contribution in [0.15, 0.2) is 18.2 Å². The van der Waals surface area contributed by atoms with E-state index in [1.165, 1.54) is 6.07 Å². The van der Waals surface area contributed by atoms with Crippen molar-refractivity contribution in [2.45, 2.75) is 19.0 Å². The van der Waals surface area contributed by atoms with Crippen molar-refractivity contribution in [3.8, 4) is 11.4 Å². The van der Waals surface area contributed by atoms with Crippen molar-refractivity contribution in [2.24, 2.45) is 0 Å². The van der Waals surface area contributed by atoms with E-state index in [9.17, 15) is 22.4 Å². The molecular formula is C14H11F4N3O. The highest BCUT2D eigenvalue weighted by molar-refractivity contribution is 5.94. The molecular weight excluding hydrogens is 302 g/mol. The minimum absolute atomic E-state index is 0.0781. The van der Waals surface area contributed by atoms with Gasteiger partial charge in [0.05, 0.1) is 11.1 Å². The number of aromatic nitrogens is 2. The van der Waals surface area contributed by atoms with Crippen molar-refractivity contribution in [3.63, 3.8) is 0 Å². The molecule has 0 aliphatic carbocycles. The van der Waals surface area contributed by atoms with Gasteiger partial charge in [-0.1, -0.05) is 6.07 Å². The summed E-state index contributed by atoms with van der Waals surface area (Å²) in [5.74, 6) is -1.90. The summed E-state index contributed by atoms with van der Waals surface area (Å²) < 4.78 is 52.4. The summed E-state index contributed by atoms with van der Waals surface area (Å²) in [5.41, 5.74) is -1.07. The Labute approximate surface area is 122 Å². The topological polar surface area (TPSA) is 57.8 Å². The second-order valence-corrected chi connectivity index (χ2v) is 4.94. The van der Waals surface area contributed by atoms with Gasteiger partial charge >= 0.3 is 6.18 Å². The van der Waals surface area contributed by atoms with E-state index in [4.69, 9.17) is 0 Å². The number of H-pyrrole nitrogens is 1. The Morgan fingerprint density at radius 3 is 2.73 bits per heavy atom. The number of fused-ring (bicyclic) bond motifs is 1. The number of hydrogen-bond donors (Lipinski definition) is 2. The van der Waals surface area contributed by atoms with Gasteiger partial charge in [0, 0.05) is 12.2 Å². The van der Waals surface area contributed by atoms with E-state index in [1.807, 2.05) is 0 Å². The Hall–Kier alpha value is -2.38. The predicted octanol–water partition coefficient (Wildman–Crippen LogP) is 2.91. The summed E-state index contributed by atoms with van der Waals surface area (Å²) in [6.45, 7) is 0.496. The number of alkyl halides is 3. The van der Waals surface area contributed by atoms with Crippen LogP contribution in [-0.4, -0.2) is 22.4 Å². The molecule has 3 rings (SSSR count). The predicted molar refractivity (Wildman–Crippen MR) is 69.6 cm³/mol. The summed E-state index contributed by atoms with van der Waals surface area (Å²) in [5, 5.41) is 2.62. The molecule has 0 bridgehead atoms. The lowest BCUT2D eigenvalue weighted by atomic mass is 10.1. The fraction of sp³-hybridized carbons (Fsp3) is 0.286. The van der Waals surface area contributed by atoms with Gasteiger partial charge in [0.1, 0.15) is 17.3 Å². The van der Waals surface area contributed by atoms with E-state index < -0.39 is 23.5 Å². The first-order chi connectivity index (χ1) is 10.4. The molecule has 2 aromatic rings. The maximum absolute atomic E-state index is 14.1. The first kappa shape index (κ1) is 14.6. The third kappa shape index (κ3) is 2.44. The molecule has 2 heterocycles. The minimum Gasteiger partial charge on any atom is -0.351 e. The Morgan fingerprint density at radius 1 is 1.23 bits per heavy atom. The number of amides is 1. The van der Waals surface area contributed by atoms with Gasteiger partial charge in [0.2, 0.25) is 0 Å². The van der Waals surface area contributed by atoms with Crippen molar-refractivity contribution in [2.75, 3.05) is 6.54 Å². The molecule has 1 amide bonds. The van der Waals surface area contributed by atoms with E-state index in [2.05, 4.69) is 15.3 Å². The number of aromatic amines is 1. The van der Waals surface area contributed by atoms with Gasteiger partial charge in [0.15, 0.2) is 0 Å². The van der Waals surface area contributed by atoms with Gasteiger partial charge in [0.25, 0.3) is 5.91 Å². The monoisotopic (exact) mass is 313 g/mol. The van der Waals surface area contributed by atoms with Crippen LogP contribution < -0.4 is 5.32 Å². The number of imidazole rings is 1. The lowest BCUT2D eigenvalue weighted by Gasteiger charge is -2.09. The highest BCUT2D eigenvalue weighted by Gasteiger charge is 2.35. The Kier molecular flexibility index (Phi) is 3.38. The summed E-state index contributed by atoms with van der Waals surface area (Å²) in [6.07, 6.45) is -3.60. The number of nitrogens with zero attached hydrogens (tertiary/aromatic N) is 1. The summed E-state index contributed by atoms with van der Waals surface area (Å²) in [7, 11) is 0. The van der Waals surface area contributed by atoms with Crippen molar-refractivity contribution in [3.05, 3.63) is 41.0 Å². The maximum atomic E-state index is 14.1. The number of benzene rings is 1. The van der Waals surface area contributed by atoms with Gasteiger partial charge < -0.3 is 10.3 Å². The lowest BCUT2D eigenvalue weighted by molar-refractivity contribution is -0.139. The summed E-state index contributed by atoms with van der Waals surface area (Å²) >= 11 is 0. The van der Waals surface area contributed by atoms with E-state index in [-0.39, 0.29) is 17.1 Å². The van der Waals surface area contributed by atoms with Gasteiger partial charge in [-0.3, -0.25) is 4.79 Å². The molecule has 1 aliphatic heterocycles. The number of halogens is 4. The molecule has 1 aliphatic rings. The van der Waals surface area contributed by atoms with Crippen LogP contribution in [-0.2, 0) is 12.6 Å².